The molecule has 3 rings (SSSR count). The van der Waals surface area contributed by atoms with Gasteiger partial charge >= 0.3 is 0 Å². The predicted octanol–water partition coefficient (Wildman–Crippen LogP) is 5.38. The highest BCUT2D eigenvalue weighted by molar-refractivity contribution is 6.32. The first-order valence-electron chi connectivity index (χ1n) is 7.19. The summed E-state index contributed by atoms with van der Waals surface area (Å²) in [6.07, 6.45) is 3.99. The molecule has 1 heterocycles. The molecule has 3 aromatic rings. The summed E-state index contributed by atoms with van der Waals surface area (Å²) >= 11 is 6.22. The number of benzene rings is 2. The van der Waals surface area contributed by atoms with Crippen LogP contribution in [0.1, 0.15) is 18.1 Å². The average Bonchev–Trinajstić information content (AvgIpc) is 2.91. The second-order valence-corrected chi connectivity index (χ2v) is 5.44. The van der Waals surface area contributed by atoms with Gasteiger partial charge in [0.05, 0.1) is 11.6 Å². The minimum absolute atomic E-state index is 0.574. The SMILES string of the molecule is CCn1cc(C=C(C#N)c2ccccc2Cl)c2ccccc21. The van der Waals surface area contributed by atoms with E-state index in [0.717, 1.165) is 23.1 Å². The van der Waals surface area contributed by atoms with Crippen LogP contribution in [-0.4, -0.2) is 4.57 Å². The Morgan fingerprint density at radius 1 is 1.18 bits per heavy atom. The number of hydrogen-bond donors (Lipinski definition) is 0. The van der Waals surface area contributed by atoms with Crippen LogP contribution in [0, 0.1) is 11.3 Å². The fourth-order valence-corrected chi connectivity index (χ4v) is 2.89. The highest BCUT2D eigenvalue weighted by Crippen LogP contribution is 2.28. The molecule has 0 N–H and O–H groups in total. The Morgan fingerprint density at radius 3 is 2.64 bits per heavy atom. The number of aromatic nitrogens is 1. The molecule has 0 atom stereocenters. The molecule has 0 radical (unpaired) electrons. The molecule has 22 heavy (non-hydrogen) atoms. The van der Waals surface area contributed by atoms with Crippen molar-refractivity contribution in [1.29, 1.82) is 5.26 Å². The van der Waals surface area contributed by atoms with Crippen LogP contribution in [0.3, 0.4) is 0 Å². The van der Waals surface area contributed by atoms with Crippen molar-refractivity contribution in [1.82, 2.24) is 4.57 Å². The van der Waals surface area contributed by atoms with Crippen LogP contribution in [0.25, 0.3) is 22.6 Å². The number of para-hydroxylation sites is 1. The van der Waals surface area contributed by atoms with Crippen molar-refractivity contribution in [3.05, 3.63) is 70.9 Å². The van der Waals surface area contributed by atoms with Crippen molar-refractivity contribution in [3.63, 3.8) is 0 Å². The zero-order chi connectivity index (χ0) is 15.5. The maximum Gasteiger partial charge on any atom is 0.0998 e. The van der Waals surface area contributed by atoms with Crippen molar-refractivity contribution >= 4 is 34.2 Å². The van der Waals surface area contributed by atoms with Crippen molar-refractivity contribution < 1.29 is 0 Å². The Bertz CT molecular complexity index is 897. The molecular formula is C19H15ClN2. The van der Waals surface area contributed by atoms with Crippen LogP contribution in [0.5, 0.6) is 0 Å². The predicted molar refractivity (Wildman–Crippen MR) is 92.5 cm³/mol. The zero-order valence-electron chi connectivity index (χ0n) is 12.3. The van der Waals surface area contributed by atoms with Crippen LogP contribution >= 0.6 is 11.6 Å². The molecular weight excluding hydrogens is 292 g/mol. The van der Waals surface area contributed by atoms with Gasteiger partial charge in [-0.3, -0.25) is 0 Å². The van der Waals surface area contributed by atoms with Crippen molar-refractivity contribution in [2.75, 3.05) is 0 Å². The van der Waals surface area contributed by atoms with Gasteiger partial charge in [0.15, 0.2) is 0 Å². The highest BCUT2D eigenvalue weighted by atomic mass is 35.5. The van der Waals surface area contributed by atoms with E-state index < -0.39 is 0 Å². The number of nitrogens with zero attached hydrogens (tertiary/aromatic N) is 2. The standard InChI is InChI=1S/C19H15ClN2/c1-2-22-13-15(17-8-4-6-10-19(17)22)11-14(12-21)16-7-3-5-9-18(16)20/h3-11,13H,2H2,1H3. The van der Waals surface area contributed by atoms with Crippen molar-refractivity contribution in [2.24, 2.45) is 0 Å². The lowest BCUT2D eigenvalue weighted by Crippen LogP contribution is -1.89. The number of fused-ring (bicyclic) bond motifs is 1. The lowest BCUT2D eigenvalue weighted by atomic mass is 10.0. The summed E-state index contributed by atoms with van der Waals surface area (Å²) in [5.74, 6) is 0. The second-order valence-electron chi connectivity index (χ2n) is 5.04. The van der Waals surface area contributed by atoms with Gasteiger partial charge in [-0.15, -0.1) is 0 Å². The second kappa shape index (κ2) is 6.09. The smallest absolute Gasteiger partial charge is 0.0998 e. The van der Waals surface area contributed by atoms with E-state index in [9.17, 15) is 5.26 Å². The molecule has 0 unspecified atom stereocenters. The third-order valence-electron chi connectivity index (χ3n) is 3.74. The first kappa shape index (κ1) is 14.4. The van der Waals surface area contributed by atoms with Gasteiger partial charge in [-0.25, -0.2) is 0 Å². The lowest BCUT2D eigenvalue weighted by molar-refractivity contribution is 0.797. The Labute approximate surface area is 134 Å². The monoisotopic (exact) mass is 306 g/mol. The van der Waals surface area contributed by atoms with Gasteiger partial charge in [0, 0.05) is 39.8 Å². The maximum absolute atomic E-state index is 9.52. The van der Waals surface area contributed by atoms with Crippen LogP contribution in [0.15, 0.2) is 54.7 Å². The lowest BCUT2D eigenvalue weighted by Gasteiger charge is -2.01. The fourth-order valence-electron chi connectivity index (χ4n) is 2.66. The van der Waals surface area contributed by atoms with Crippen molar-refractivity contribution in [2.45, 2.75) is 13.5 Å². The Hall–Kier alpha value is -2.50. The molecule has 0 aliphatic carbocycles. The minimum Gasteiger partial charge on any atom is -0.347 e. The summed E-state index contributed by atoms with van der Waals surface area (Å²) in [5.41, 5.74) is 3.55. The van der Waals surface area contributed by atoms with E-state index in [1.807, 2.05) is 36.4 Å². The summed E-state index contributed by atoms with van der Waals surface area (Å²) in [4.78, 5) is 0. The van der Waals surface area contributed by atoms with E-state index in [0.29, 0.717) is 10.6 Å². The summed E-state index contributed by atoms with van der Waals surface area (Å²) in [5, 5.41) is 11.3. The molecule has 0 amide bonds. The number of aryl methyl sites for hydroxylation is 1. The van der Waals surface area contributed by atoms with Gasteiger partial charge in [0.1, 0.15) is 0 Å². The van der Waals surface area contributed by atoms with E-state index in [-0.39, 0.29) is 0 Å². The van der Waals surface area contributed by atoms with E-state index in [1.165, 1.54) is 5.52 Å². The van der Waals surface area contributed by atoms with E-state index in [2.05, 4.69) is 35.9 Å². The minimum atomic E-state index is 0.574. The molecule has 0 aliphatic rings. The largest absolute Gasteiger partial charge is 0.347 e. The van der Waals surface area contributed by atoms with Gasteiger partial charge in [0.2, 0.25) is 0 Å². The van der Waals surface area contributed by atoms with Crippen molar-refractivity contribution in [3.8, 4) is 6.07 Å². The van der Waals surface area contributed by atoms with E-state index >= 15 is 0 Å². The summed E-state index contributed by atoms with van der Waals surface area (Å²) in [6, 6.07) is 17.9. The van der Waals surface area contributed by atoms with Crippen LogP contribution in [0.2, 0.25) is 5.02 Å². The number of allylic oxidation sites excluding steroid dienone is 1. The van der Waals surface area contributed by atoms with Crippen LogP contribution < -0.4 is 0 Å². The number of rotatable bonds is 3. The third-order valence-corrected chi connectivity index (χ3v) is 4.07. The molecule has 2 nitrogen and oxygen atoms in total. The molecule has 1 aromatic heterocycles. The molecule has 108 valence electrons. The van der Waals surface area contributed by atoms with Gasteiger partial charge in [0.25, 0.3) is 0 Å². The van der Waals surface area contributed by atoms with Gasteiger partial charge < -0.3 is 4.57 Å². The Balaban J connectivity index is 2.19. The van der Waals surface area contributed by atoms with Gasteiger partial charge in [-0.1, -0.05) is 48.0 Å². The normalized spacial score (nSPS) is 11.6. The Kier molecular flexibility index (Phi) is 4.00. The zero-order valence-corrected chi connectivity index (χ0v) is 13.0. The van der Waals surface area contributed by atoms with E-state index in [1.54, 1.807) is 6.07 Å². The van der Waals surface area contributed by atoms with Gasteiger partial charge in [-0.05, 0) is 25.1 Å². The fraction of sp³-hybridized carbons (Fsp3) is 0.105. The molecule has 3 heteroatoms. The number of halogens is 1. The van der Waals surface area contributed by atoms with Crippen LogP contribution in [-0.2, 0) is 6.54 Å². The Morgan fingerprint density at radius 2 is 1.91 bits per heavy atom. The third kappa shape index (κ3) is 2.52. The van der Waals surface area contributed by atoms with E-state index in [4.69, 9.17) is 11.6 Å². The maximum atomic E-state index is 9.52. The summed E-state index contributed by atoms with van der Waals surface area (Å²) in [6.45, 7) is 3.00. The quantitative estimate of drug-likeness (QED) is 0.597. The molecule has 0 saturated heterocycles. The molecule has 0 aliphatic heterocycles. The first-order chi connectivity index (χ1) is 10.7. The first-order valence-corrected chi connectivity index (χ1v) is 7.57. The van der Waals surface area contributed by atoms with Crippen LogP contribution in [0.4, 0.5) is 0 Å². The molecule has 2 aromatic carbocycles. The molecule has 0 saturated carbocycles. The topological polar surface area (TPSA) is 28.7 Å². The number of hydrogen-bond acceptors (Lipinski definition) is 1. The molecule has 0 bridgehead atoms. The molecule has 0 fully saturated rings. The summed E-state index contributed by atoms with van der Waals surface area (Å²) < 4.78 is 2.18. The average molecular weight is 307 g/mol. The highest BCUT2D eigenvalue weighted by Gasteiger charge is 2.09. The summed E-state index contributed by atoms with van der Waals surface area (Å²) in [7, 11) is 0. The number of nitriles is 1. The molecule has 0 spiro atoms. The van der Waals surface area contributed by atoms with Gasteiger partial charge in [-0.2, -0.15) is 5.26 Å².